The molecule has 19 heavy (non-hydrogen) atoms. The molecule has 1 aromatic rings. The molecule has 0 bridgehead atoms. The van der Waals surface area contributed by atoms with Gasteiger partial charge in [-0.2, -0.15) is 0 Å². The van der Waals surface area contributed by atoms with Crippen LogP contribution in [0.3, 0.4) is 0 Å². The molecule has 2 N–H and O–H groups in total. The molecular weight excluding hydrogens is 320 g/mol. The maximum absolute atomic E-state index is 13.8. The van der Waals surface area contributed by atoms with Gasteiger partial charge in [0.15, 0.2) is 0 Å². The molecule has 6 heteroatoms. The van der Waals surface area contributed by atoms with E-state index in [1.807, 2.05) is 0 Å². The Morgan fingerprint density at radius 1 is 1.58 bits per heavy atom. The Balaban J connectivity index is 2.27. The summed E-state index contributed by atoms with van der Waals surface area (Å²) in [6.45, 7) is 2.14. The van der Waals surface area contributed by atoms with Gasteiger partial charge in [0.2, 0.25) is 0 Å². The van der Waals surface area contributed by atoms with Gasteiger partial charge in [-0.15, -0.1) is 0 Å². The van der Waals surface area contributed by atoms with E-state index in [2.05, 4.69) is 15.9 Å². The van der Waals surface area contributed by atoms with Gasteiger partial charge in [-0.1, -0.05) is 0 Å². The van der Waals surface area contributed by atoms with Crippen LogP contribution in [0.2, 0.25) is 0 Å². The Morgan fingerprint density at radius 2 is 2.26 bits per heavy atom. The fraction of sp³-hybridized carbons (Fsp3) is 0.462. The smallest absolute Gasteiger partial charge is 0.147 e. The average molecular weight is 334 g/mol. The van der Waals surface area contributed by atoms with Crippen LogP contribution >= 0.6 is 15.9 Å². The first-order valence-corrected chi connectivity index (χ1v) is 6.64. The van der Waals surface area contributed by atoms with Gasteiger partial charge in [-0.05, 0) is 35.0 Å². The fourth-order valence-electron chi connectivity index (χ4n) is 2.07. The molecule has 104 valence electrons. The summed E-state index contributed by atoms with van der Waals surface area (Å²) >= 11 is 2.98. The van der Waals surface area contributed by atoms with Crippen LogP contribution in [0.4, 0.5) is 8.78 Å². The predicted octanol–water partition coefficient (Wildman–Crippen LogP) is 2.20. The van der Waals surface area contributed by atoms with Gasteiger partial charge in [0, 0.05) is 18.0 Å². The second-order valence-corrected chi connectivity index (χ2v) is 5.82. The molecule has 1 saturated heterocycles. The minimum atomic E-state index is -0.888. The summed E-state index contributed by atoms with van der Waals surface area (Å²) in [5, 5.41) is 0. The maximum Gasteiger partial charge on any atom is 0.147 e. The Morgan fingerprint density at radius 3 is 2.84 bits per heavy atom. The molecule has 0 radical (unpaired) electrons. The molecular formula is C13H14BrF2NO2. The van der Waals surface area contributed by atoms with E-state index in [-0.39, 0.29) is 35.5 Å². The van der Waals surface area contributed by atoms with Crippen molar-refractivity contribution >= 4 is 21.7 Å². The second kappa shape index (κ2) is 5.26. The molecule has 0 spiro atoms. The van der Waals surface area contributed by atoms with Crippen molar-refractivity contribution in [2.45, 2.75) is 19.4 Å². The maximum atomic E-state index is 13.8. The molecule has 1 fully saturated rings. The number of hydrogen-bond acceptors (Lipinski definition) is 3. The Kier molecular flexibility index (Phi) is 4.03. The lowest BCUT2D eigenvalue weighted by atomic mass is 9.79. The van der Waals surface area contributed by atoms with Crippen molar-refractivity contribution in [2.75, 3.05) is 13.2 Å². The number of rotatable bonds is 3. The molecule has 1 aliphatic rings. The lowest BCUT2D eigenvalue weighted by Crippen LogP contribution is -2.45. The molecule has 1 aromatic carbocycles. The van der Waals surface area contributed by atoms with E-state index in [0.29, 0.717) is 0 Å². The van der Waals surface area contributed by atoms with E-state index >= 15 is 0 Å². The molecule has 3 nitrogen and oxygen atoms in total. The van der Waals surface area contributed by atoms with E-state index in [1.165, 1.54) is 6.07 Å². The van der Waals surface area contributed by atoms with Crippen LogP contribution in [0.1, 0.15) is 12.5 Å². The third kappa shape index (κ3) is 2.57. The summed E-state index contributed by atoms with van der Waals surface area (Å²) in [7, 11) is 0. The van der Waals surface area contributed by atoms with Crippen LogP contribution in [0, 0.1) is 17.0 Å². The molecule has 2 rings (SSSR count). The Bertz CT molecular complexity index is 524. The number of carbonyl (C=O) groups excluding carboxylic acids is 1. The first kappa shape index (κ1) is 14.6. The van der Waals surface area contributed by atoms with Crippen LogP contribution in [-0.2, 0) is 16.0 Å². The molecule has 0 aliphatic carbocycles. The molecule has 1 aliphatic heterocycles. The van der Waals surface area contributed by atoms with Gasteiger partial charge < -0.3 is 10.5 Å². The number of halogens is 3. The third-order valence-electron chi connectivity index (χ3n) is 3.63. The van der Waals surface area contributed by atoms with Crippen LogP contribution < -0.4 is 5.73 Å². The number of ether oxygens (including phenoxy) is 1. The lowest BCUT2D eigenvalue weighted by molar-refractivity contribution is -0.127. The number of carbonyl (C=O) groups is 1. The highest BCUT2D eigenvalue weighted by Gasteiger charge is 2.44. The molecule has 0 aromatic heterocycles. The fourth-order valence-corrected chi connectivity index (χ4v) is 2.44. The summed E-state index contributed by atoms with van der Waals surface area (Å²) in [4.78, 5) is 12.3. The zero-order chi connectivity index (χ0) is 14.2. The third-order valence-corrected chi connectivity index (χ3v) is 4.24. The van der Waals surface area contributed by atoms with E-state index in [0.717, 1.165) is 6.07 Å². The summed E-state index contributed by atoms with van der Waals surface area (Å²) in [6.07, 6.45) is -0.329. The number of Topliss-reactive ketones (excluding diaryl/α,β-unsaturated/α-hetero) is 1. The average Bonchev–Trinajstić information content (AvgIpc) is 2.71. The minimum Gasteiger partial charge on any atom is -0.379 e. The zero-order valence-corrected chi connectivity index (χ0v) is 12.0. The Hall–Kier alpha value is -0.850. The van der Waals surface area contributed by atoms with Crippen LogP contribution in [0.25, 0.3) is 0 Å². The summed E-state index contributed by atoms with van der Waals surface area (Å²) in [6, 6.07) is 1.95. The van der Waals surface area contributed by atoms with Gasteiger partial charge in [0.25, 0.3) is 0 Å². The van der Waals surface area contributed by atoms with Crippen molar-refractivity contribution in [2.24, 2.45) is 11.1 Å². The normalized spacial score (nSPS) is 26.7. The molecule has 0 saturated carbocycles. The largest absolute Gasteiger partial charge is 0.379 e. The highest BCUT2D eigenvalue weighted by molar-refractivity contribution is 9.10. The second-order valence-electron chi connectivity index (χ2n) is 4.96. The minimum absolute atomic E-state index is 0.133. The van der Waals surface area contributed by atoms with Gasteiger partial charge in [-0.25, -0.2) is 8.78 Å². The van der Waals surface area contributed by atoms with E-state index in [9.17, 15) is 13.6 Å². The standard InChI is InChI=1S/C13H14BrF2NO2/c1-13(6-19-5-10(13)17)11(18)4-7-9(15)3-2-8(14)12(7)16/h2-3,10H,4-6,17H2,1H3. The lowest BCUT2D eigenvalue weighted by Gasteiger charge is -2.25. The van der Waals surface area contributed by atoms with Crippen molar-refractivity contribution in [3.63, 3.8) is 0 Å². The van der Waals surface area contributed by atoms with E-state index < -0.39 is 23.1 Å². The highest BCUT2D eigenvalue weighted by atomic mass is 79.9. The summed E-state index contributed by atoms with van der Waals surface area (Å²) in [5.41, 5.74) is 4.71. The molecule has 1 heterocycles. The van der Waals surface area contributed by atoms with Crippen molar-refractivity contribution < 1.29 is 18.3 Å². The molecule has 0 amide bonds. The van der Waals surface area contributed by atoms with Crippen LogP contribution in [0.5, 0.6) is 0 Å². The van der Waals surface area contributed by atoms with Gasteiger partial charge in [0.1, 0.15) is 17.4 Å². The quantitative estimate of drug-likeness (QED) is 0.863. The SMILES string of the molecule is CC1(C(=O)Cc2c(F)ccc(Br)c2F)COCC1N. The van der Waals surface area contributed by atoms with Crippen LogP contribution in [0.15, 0.2) is 16.6 Å². The zero-order valence-electron chi connectivity index (χ0n) is 10.4. The molecule has 2 atom stereocenters. The topological polar surface area (TPSA) is 52.3 Å². The van der Waals surface area contributed by atoms with Crippen LogP contribution in [-0.4, -0.2) is 25.0 Å². The predicted molar refractivity (Wildman–Crippen MR) is 69.7 cm³/mol. The number of hydrogen-bond donors (Lipinski definition) is 1. The summed E-state index contributed by atoms with van der Waals surface area (Å²) in [5.74, 6) is -1.79. The first-order valence-electron chi connectivity index (χ1n) is 5.85. The van der Waals surface area contributed by atoms with Gasteiger partial charge in [-0.3, -0.25) is 4.79 Å². The monoisotopic (exact) mass is 333 g/mol. The van der Waals surface area contributed by atoms with E-state index in [1.54, 1.807) is 6.92 Å². The van der Waals surface area contributed by atoms with E-state index in [4.69, 9.17) is 10.5 Å². The van der Waals surface area contributed by atoms with Crippen molar-refractivity contribution in [3.8, 4) is 0 Å². The van der Waals surface area contributed by atoms with Crippen molar-refractivity contribution in [1.82, 2.24) is 0 Å². The van der Waals surface area contributed by atoms with Gasteiger partial charge >= 0.3 is 0 Å². The summed E-state index contributed by atoms with van der Waals surface area (Å²) < 4.78 is 32.8. The highest BCUT2D eigenvalue weighted by Crippen LogP contribution is 2.31. The molecule has 2 unspecified atom stereocenters. The number of nitrogens with two attached hydrogens (primary N) is 1. The number of ketones is 1. The first-order chi connectivity index (χ1) is 8.86. The van der Waals surface area contributed by atoms with Crippen molar-refractivity contribution in [1.29, 1.82) is 0 Å². The Labute approximate surface area is 118 Å². The number of benzene rings is 1. The van der Waals surface area contributed by atoms with Crippen molar-refractivity contribution in [3.05, 3.63) is 33.8 Å². The van der Waals surface area contributed by atoms with Gasteiger partial charge in [0.05, 0.1) is 23.1 Å².